The Labute approximate surface area is 125 Å². The molecule has 2 aromatic rings. The van der Waals surface area contributed by atoms with Gasteiger partial charge in [-0.3, -0.25) is 0 Å². The fraction of sp³-hybridized carbons (Fsp3) is 0.412. The zero-order valence-electron chi connectivity index (χ0n) is 11.9. The zero-order chi connectivity index (χ0) is 14.1. The number of benzene rings is 2. The van der Waals surface area contributed by atoms with Gasteiger partial charge in [0.2, 0.25) is 0 Å². The highest BCUT2D eigenvalue weighted by Gasteiger charge is 2.25. The van der Waals surface area contributed by atoms with E-state index in [-0.39, 0.29) is 0 Å². The summed E-state index contributed by atoms with van der Waals surface area (Å²) in [7, 11) is 0. The van der Waals surface area contributed by atoms with E-state index >= 15 is 0 Å². The molecule has 20 heavy (non-hydrogen) atoms. The van der Waals surface area contributed by atoms with Crippen molar-refractivity contribution in [2.24, 2.45) is 5.92 Å². The van der Waals surface area contributed by atoms with Crippen LogP contribution in [0.4, 0.5) is 5.69 Å². The van der Waals surface area contributed by atoms with E-state index in [1.54, 1.807) is 0 Å². The number of nitrogens with one attached hydrogen (secondary N) is 1. The van der Waals surface area contributed by atoms with Gasteiger partial charge in [-0.2, -0.15) is 0 Å². The molecule has 2 nitrogen and oxygen atoms in total. The summed E-state index contributed by atoms with van der Waals surface area (Å²) in [5.74, 6) is 2.52. The second-order valence-corrected chi connectivity index (χ2v) is 6.13. The van der Waals surface area contributed by atoms with E-state index in [0.717, 1.165) is 18.9 Å². The van der Waals surface area contributed by atoms with Crippen molar-refractivity contribution < 1.29 is 4.74 Å². The van der Waals surface area contributed by atoms with Gasteiger partial charge in [-0.1, -0.05) is 38.1 Å². The van der Waals surface area contributed by atoms with Gasteiger partial charge in [0, 0.05) is 35.5 Å². The third kappa shape index (κ3) is 2.33. The van der Waals surface area contributed by atoms with Crippen molar-refractivity contribution in [3.05, 3.63) is 35.9 Å². The molecule has 0 fully saturated rings. The first-order valence-electron chi connectivity index (χ1n) is 7.19. The predicted molar refractivity (Wildman–Crippen MR) is 86.2 cm³/mol. The van der Waals surface area contributed by atoms with Crippen LogP contribution in [0.25, 0.3) is 10.8 Å². The SMILES string of the molecule is CC(C)COc1cc2c(c3ccccc13)[C@H](CCl)CN2. The molecule has 0 saturated heterocycles. The quantitative estimate of drug-likeness (QED) is 0.829. The molecular formula is C17H20ClNO. The summed E-state index contributed by atoms with van der Waals surface area (Å²) in [6.45, 7) is 5.98. The number of rotatable bonds is 4. The van der Waals surface area contributed by atoms with E-state index in [1.807, 2.05) is 0 Å². The molecule has 3 rings (SSSR count). The van der Waals surface area contributed by atoms with Crippen LogP contribution in [0.1, 0.15) is 25.3 Å². The van der Waals surface area contributed by atoms with Crippen molar-refractivity contribution in [1.29, 1.82) is 0 Å². The minimum atomic E-state index is 0.385. The Balaban J connectivity index is 2.12. The summed E-state index contributed by atoms with van der Waals surface area (Å²) in [4.78, 5) is 0. The van der Waals surface area contributed by atoms with Crippen molar-refractivity contribution in [2.45, 2.75) is 19.8 Å². The van der Waals surface area contributed by atoms with Crippen LogP contribution in [0, 0.1) is 5.92 Å². The largest absolute Gasteiger partial charge is 0.493 e. The lowest BCUT2D eigenvalue weighted by molar-refractivity contribution is 0.274. The number of anilines is 1. The number of alkyl halides is 1. The maximum Gasteiger partial charge on any atom is 0.129 e. The lowest BCUT2D eigenvalue weighted by atomic mass is 9.95. The summed E-state index contributed by atoms with van der Waals surface area (Å²) in [6, 6.07) is 10.6. The summed E-state index contributed by atoms with van der Waals surface area (Å²) in [5, 5.41) is 5.91. The maximum atomic E-state index is 6.11. The minimum absolute atomic E-state index is 0.385. The van der Waals surface area contributed by atoms with Gasteiger partial charge in [-0.05, 0) is 16.9 Å². The van der Waals surface area contributed by atoms with Crippen LogP contribution in [0.3, 0.4) is 0 Å². The highest BCUT2D eigenvalue weighted by molar-refractivity contribution is 6.18. The Kier molecular flexibility index (Phi) is 3.75. The molecule has 0 saturated carbocycles. The standard InChI is InChI=1S/C17H20ClNO/c1-11(2)10-20-16-7-15-17(12(8-18)9-19-15)14-6-4-3-5-13(14)16/h3-7,11-12,19H,8-10H2,1-2H3/t12-/m1/s1. The average molecular weight is 290 g/mol. The van der Waals surface area contributed by atoms with Crippen LogP contribution < -0.4 is 10.1 Å². The molecule has 3 heteroatoms. The van der Waals surface area contributed by atoms with Gasteiger partial charge < -0.3 is 10.1 Å². The summed E-state index contributed by atoms with van der Waals surface area (Å²) < 4.78 is 6.00. The number of hydrogen-bond acceptors (Lipinski definition) is 2. The van der Waals surface area contributed by atoms with E-state index in [9.17, 15) is 0 Å². The molecule has 0 spiro atoms. The molecule has 2 aromatic carbocycles. The number of ether oxygens (including phenoxy) is 1. The number of hydrogen-bond donors (Lipinski definition) is 1. The van der Waals surface area contributed by atoms with Gasteiger partial charge in [-0.15, -0.1) is 11.6 Å². The zero-order valence-corrected chi connectivity index (χ0v) is 12.7. The predicted octanol–water partition coefficient (Wildman–Crippen LogP) is 4.62. The van der Waals surface area contributed by atoms with Crippen molar-refractivity contribution in [3.63, 3.8) is 0 Å². The van der Waals surface area contributed by atoms with E-state index < -0.39 is 0 Å². The molecule has 0 bridgehead atoms. The molecule has 1 heterocycles. The van der Waals surface area contributed by atoms with Crippen LogP contribution in [0.5, 0.6) is 5.75 Å². The first-order chi connectivity index (χ1) is 9.70. The van der Waals surface area contributed by atoms with Gasteiger partial charge in [0.15, 0.2) is 0 Å². The molecule has 1 N–H and O–H groups in total. The maximum absolute atomic E-state index is 6.11. The molecule has 0 aliphatic carbocycles. The first kappa shape index (κ1) is 13.6. The average Bonchev–Trinajstić information content (AvgIpc) is 2.87. The second-order valence-electron chi connectivity index (χ2n) is 5.82. The van der Waals surface area contributed by atoms with Gasteiger partial charge in [0.05, 0.1) is 6.61 Å². The van der Waals surface area contributed by atoms with Crippen molar-refractivity contribution in [1.82, 2.24) is 0 Å². The third-order valence-corrected chi connectivity index (χ3v) is 4.13. The minimum Gasteiger partial charge on any atom is -0.493 e. The summed E-state index contributed by atoms with van der Waals surface area (Å²) >= 11 is 6.11. The Bertz CT molecular complexity index is 624. The van der Waals surface area contributed by atoms with Crippen LogP contribution in [-0.2, 0) is 0 Å². The van der Waals surface area contributed by atoms with Crippen molar-refractivity contribution in [2.75, 3.05) is 24.3 Å². The van der Waals surface area contributed by atoms with Gasteiger partial charge in [0.1, 0.15) is 5.75 Å². The smallest absolute Gasteiger partial charge is 0.129 e. The lowest BCUT2D eigenvalue weighted by Crippen LogP contribution is -2.05. The monoisotopic (exact) mass is 289 g/mol. The Morgan fingerprint density at radius 1 is 1.30 bits per heavy atom. The molecule has 0 aromatic heterocycles. The Morgan fingerprint density at radius 2 is 2.05 bits per heavy atom. The van der Waals surface area contributed by atoms with E-state index in [4.69, 9.17) is 16.3 Å². The van der Waals surface area contributed by atoms with Gasteiger partial charge >= 0.3 is 0 Å². The van der Waals surface area contributed by atoms with Gasteiger partial charge in [-0.25, -0.2) is 0 Å². The van der Waals surface area contributed by atoms with Gasteiger partial charge in [0.25, 0.3) is 0 Å². The Hall–Kier alpha value is -1.41. The molecule has 1 aliphatic rings. The van der Waals surface area contributed by atoms with Crippen molar-refractivity contribution >= 4 is 28.1 Å². The van der Waals surface area contributed by atoms with Crippen LogP contribution in [0.15, 0.2) is 30.3 Å². The van der Waals surface area contributed by atoms with Crippen LogP contribution in [0.2, 0.25) is 0 Å². The first-order valence-corrected chi connectivity index (χ1v) is 7.72. The van der Waals surface area contributed by atoms with Crippen LogP contribution in [-0.4, -0.2) is 19.0 Å². The summed E-state index contributed by atoms with van der Waals surface area (Å²) in [6.07, 6.45) is 0. The lowest BCUT2D eigenvalue weighted by Gasteiger charge is -2.15. The fourth-order valence-electron chi connectivity index (χ4n) is 2.79. The van der Waals surface area contributed by atoms with E-state index in [1.165, 1.54) is 22.0 Å². The normalized spacial score (nSPS) is 17.3. The molecule has 1 atom stereocenters. The molecule has 0 amide bonds. The van der Waals surface area contributed by atoms with E-state index in [0.29, 0.717) is 17.7 Å². The van der Waals surface area contributed by atoms with Crippen LogP contribution >= 0.6 is 11.6 Å². The molecule has 0 unspecified atom stereocenters. The highest BCUT2D eigenvalue weighted by atomic mass is 35.5. The highest BCUT2D eigenvalue weighted by Crippen LogP contribution is 2.42. The molecule has 106 valence electrons. The number of fused-ring (bicyclic) bond motifs is 3. The second kappa shape index (κ2) is 5.53. The molecular weight excluding hydrogens is 270 g/mol. The topological polar surface area (TPSA) is 21.3 Å². The summed E-state index contributed by atoms with van der Waals surface area (Å²) in [5.41, 5.74) is 2.51. The Morgan fingerprint density at radius 3 is 2.75 bits per heavy atom. The molecule has 1 aliphatic heterocycles. The fourth-order valence-corrected chi connectivity index (χ4v) is 3.06. The molecule has 0 radical (unpaired) electrons. The van der Waals surface area contributed by atoms with E-state index in [2.05, 4.69) is 49.5 Å². The third-order valence-electron chi connectivity index (χ3n) is 3.75. The van der Waals surface area contributed by atoms with Crippen molar-refractivity contribution in [3.8, 4) is 5.75 Å². The number of halogens is 1.